The molecule has 2 aromatic carbocycles. The van der Waals surface area contributed by atoms with Crippen LogP contribution in [-0.2, 0) is 11.3 Å². The van der Waals surface area contributed by atoms with Crippen molar-refractivity contribution in [3.8, 4) is 0 Å². The number of benzene rings is 2. The number of nitrogens with two attached hydrogens (primary N) is 1. The highest BCUT2D eigenvalue weighted by atomic mass is 35.5. The molecule has 1 saturated heterocycles. The third-order valence-corrected chi connectivity index (χ3v) is 4.60. The number of hydrogen-bond donors (Lipinski definition) is 2. The summed E-state index contributed by atoms with van der Waals surface area (Å²) in [7, 11) is 0. The van der Waals surface area contributed by atoms with Gasteiger partial charge < -0.3 is 16.0 Å². The average Bonchev–Trinajstić information content (AvgIpc) is 2.66. The Hall–Kier alpha value is -2.53. The highest BCUT2D eigenvalue weighted by Crippen LogP contribution is 2.20. The first-order valence-corrected chi connectivity index (χ1v) is 8.60. The Morgan fingerprint density at radius 3 is 2.38 bits per heavy atom. The van der Waals surface area contributed by atoms with E-state index in [1.54, 1.807) is 29.2 Å². The van der Waals surface area contributed by atoms with Crippen LogP contribution in [0.5, 0.6) is 0 Å². The molecule has 26 heavy (non-hydrogen) atoms. The van der Waals surface area contributed by atoms with Gasteiger partial charge in [-0.05, 0) is 36.6 Å². The monoisotopic (exact) mass is 373 g/mol. The summed E-state index contributed by atoms with van der Waals surface area (Å²) < 4.78 is 0. The van der Waals surface area contributed by atoms with E-state index in [1.807, 2.05) is 30.3 Å². The molecule has 0 radical (unpaired) electrons. The normalized spacial score (nSPS) is 14.4. The van der Waals surface area contributed by atoms with Gasteiger partial charge in [0, 0.05) is 36.8 Å². The highest BCUT2D eigenvalue weighted by Gasteiger charge is 2.27. The lowest BCUT2D eigenvalue weighted by Crippen LogP contribution is -2.42. The lowest BCUT2D eigenvalue weighted by molar-refractivity contribution is -0.126. The maximum Gasteiger partial charge on any atom is 0.253 e. The molecule has 138 valence electrons. The molecule has 1 aliphatic heterocycles. The van der Waals surface area contributed by atoms with Crippen LogP contribution in [0.2, 0.25) is 0 Å². The zero-order valence-electron chi connectivity index (χ0n) is 14.6. The fraction of sp³-hybridized carbons (Fsp3) is 0.300. The summed E-state index contributed by atoms with van der Waals surface area (Å²) >= 11 is 0. The Morgan fingerprint density at radius 2 is 1.73 bits per heavy atom. The number of hydrogen-bond acceptors (Lipinski definition) is 3. The maximum absolute atomic E-state index is 12.5. The van der Waals surface area contributed by atoms with Crippen LogP contribution in [0.4, 0.5) is 5.69 Å². The molecule has 5 nitrogen and oxygen atoms in total. The number of likely N-dealkylation sites (tertiary alicyclic amines) is 1. The SMILES string of the molecule is Cl.Nc1cccc(C(=O)N2CCC(C(=O)NCc3ccccc3)CC2)c1. The van der Waals surface area contributed by atoms with Gasteiger partial charge in [-0.25, -0.2) is 0 Å². The lowest BCUT2D eigenvalue weighted by atomic mass is 9.95. The van der Waals surface area contributed by atoms with Gasteiger partial charge >= 0.3 is 0 Å². The van der Waals surface area contributed by atoms with Crippen LogP contribution in [0.15, 0.2) is 54.6 Å². The topological polar surface area (TPSA) is 75.4 Å². The van der Waals surface area contributed by atoms with Crippen molar-refractivity contribution in [3.63, 3.8) is 0 Å². The number of piperidine rings is 1. The number of carbonyl (C=O) groups excluding carboxylic acids is 2. The van der Waals surface area contributed by atoms with Crippen molar-refractivity contribution >= 4 is 29.9 Å². The van der Waals surface area contributed by atoms with E-state index in [0.717, 1.165) is 5.56 Å². The quantitative estimate of drug-likeness (QED) is 0.809. The summed E-state index contributed by atoms with van der Waals surface area (Å²) in [5.74, 6) is 0.0176. The smallest absolute Gasteiger partial charge is 0.253 e. The zero-order valence-corrected chi connectivity index (χ0v) is 15.4. The predicted molar refractivity (Wildman–Crippen MR) is 105 cm³/mol. The maximum atomic E-state index is 12.5. The molecule has 0 saturated carbocycles. The van der Waals surface area contributed by atoms with Gasteiger partial charge in [-0.15, -0.1) is 12.4 Å². The summed E-state index contributed by atoms with van der Waals surface area (Å²) in [5, 5.41) is 2.99. The second-order valence-corrected chi connectivity index (χ2v) is 6.40. The van der Waals surface area contributed by atoms with Gasteiger partial charge in [-0.3, -0.25) is 9.59 Å². The van der Waals surface area contributed by atoms with E-state index in [2.05, 4.69) is 5.32 Å². The summed E-state index contributed by atoms with van der Waals surface area (Å²) in [6.07, 6.45) is 1.38. The van der Waals surface area contributed by atoms with E-state index in [0.29, 0.717) is 43.7 Å². The minimum Gasteiger partial charge on any atom is -0.399 e. The third kappa shape index (κ3) is 4.99. The van der Waals surface area contributed by atoms with Crippen molar-refractivity contribution in [3.05, 3.63) is 65.7 Å². The van der Waals surface area contributed by atoms with Crippen molar-refractivity contribution in [1.29, 1.82) is 0 Å². The molecule has 0 aromatic heterocycles. The minimum atomic E-state index is -0.0337. The van der Waals surface area contributed by atoms with Crippen LogP contribution >= 0.6 is 12.4 Å². The van der Waals surface area contributed by atoms with Crippen LogP contribution < -0.4 is 11.1 Å². The lowest BCUT2D eigenvalue weighted by Gasteiger charge is -2.31. The van der Waals surface area contributed by atoms with Crippen molar-refractivity contribution in [2.45, 2.75) is 19.4 Å². The van der Waals surface area contributed by atoms with E-state index in [-0.39, 0.29) is 30.1 Å². The Labute approximate surface area is 160 Å². The summed E-state index contributed by atoms with van der Waals surface area (Å²) in [4.78, 5) is 26.6. The molecule has 2 aromatic rings. The van der Waals surface area contributed by atoms with E-state index in [9.17, 15) is 9.59 Å². The summed E-state index contributed by atoms with van der Waals surface area (Å²) in [5.41, 5.74) is 8.02. The second-order valence-electron chi connectivity index (χ2n) is 6.40. The molecule has 3 rings (SSSR count). The van der Waals surface area contributed by atoms with E-state index < -0.39 is 0 Å². The molecule has 1 heterocycles. The fourth-order valence-electron chi connectivity index (χ4n) is 3.13. The van der Waals surface area contributed by atoms with Crippen LogP contribution in [0.3, 0.4) is 0 Å². The molecule has 1 aliphatic rings. The van der Waals surface area contributed by atoms with Crippen LogP contribution in [-0.4, -0.2) is 29.8 Å². The molecule has 0 aliphatic carbocycles. The Kier molecular flexibility index (Phi) is 7.04. The van der Waals surface area contributed by atoms with E-state index in [1.165, 1.54) is 0 Å². The van der Waals surface area contributed by atoms with Gasteiger partial charge in [-0.1, -0.05) is 36.4 Å². The van der Waals surface area contributed by atoms with Gasteiger partial charge in [0.1, 0.15) is 0 Å². The molecule has 0 bridgehead atoms. The Morgan fingerprint density at radius 1 is 1.04 bits per heavy atom. The van der Waals surface area contributed by atoms with Gasteiger partial charge in [0.25, 0.3) is 5.91 Å². The van der Waals surface area contributed by atoms with Crippen LogP contribution in [0.1, 0.15) is 28.8 Å². The van der Waals surface area contributed by atoms with Gasteiger partial charge in [0.2, 0.25) is 5.91 Å². The number of carbonyl (C=O) groups is 2. The first-order chi connectivity index (χ1) is 12.1. The molecule has 0 spiro atoms. The van der Waals surface area contributed by atoms with Gasteiger partial charge in [0.05, 0.1) is 0 Å². The van der Waals surface area contributed by atoms with Crippen LogP contribution in [0.25, 0.3) is 0 Å². The standard InChI is InChI=1S/C20H23N3O2.ClH/c21-18-8-4-7-17(13-18)20(25)23-11-9-16(10-12-23)19(24)22-14-15-5-2-1-3-6-15;/h1-8,13,16H,9-12,14,21H2,(H,22,24);1H. The number of amides is 2. The number of nitrogens with one attached hydrogen (secondary N) is 1. The molecule has 0 unspecified atom stereocenters. The predicted octanol–water partition coefficient (Wildman–Crippen LogP) is 2.86. The van der Waals surface area contributed by atoms with Crippen molar-refractivity contribution in [2.75, 3.05) is 18.8 Å². The number of nitrogens with zero attached hydrogens (tertiary/aromatic N) is 1. The van der Waals surface area contributed by atoms with Gasteiger partial charge in [-0.2, -0.15) is 0 Å². The van der Waals surface area contributed by atoms with Crippen molar-refractivity contribution < 1.29 is 9.59 Å². The highest BCUT2D eigenvalue weighted by molar-refractivity contribution is 5.95. The second kappa shape index (κ2) is 9.25. The van der Waals surface area contributed by atoms with E-state index in [4.69, 9.17) is 5.73 Å². The van der Waals surface area contributed by atoms with Crippen LogP contribution in [0, 0.1) is 5.92 Å². The number of halogens is 1. The van der Waals surface area contributed by atoms with Crippen molar-refractivity contribution in [2.24, 2.45) is 5.92 Å². The third-order valence-electron chi connectivity index (χ3n) is 4.60. The Bertz CT molecular complexity index is 744. The van der Waals surface area contributed by atoms with E-state index >= 15 is 0 Å². The first-order valence-electron chi connectivity index (χ1n) is 8.60. The Balaban J connectivity index is 0.00000243. The van der Waals surface area contributed by atoms with Crippen molar-refractivity contribution in [1.82, 2.24) is 10.2 Å². The molecular weight excluding hydrogens is 350 g/mol. The fourth-order valence-corrected chi connectivity index (χ4v) is 3.13. The molecule has 2 amide bonds. The number of anilines is 1. The largest absolute Gasteiger partial charge is 0.399 e. The minimum absolute atomic E-state index is 0. The molecule has 6 heteroatoms. The molecule has 0 atom stereocenters. The molecule has 1 fully saturated rings. The average molecular weight is 374 g/mol. The summed E-state index contributed by atoms with van der Waals surface area (Å²) in [6.45, 7) is 1.73. The van der Waals surface area contributed by atoms with Gasteiger partial charge in [0.15, 0.2) is 0 Å². The number of nitrogen functional groups attached to an aromatic ring is 1. The molecule has 3 N–H and O–H groups in total. The molecular formula is C20H24ClN3O2. The zero-order chi connectivity index (χ0) is 17.6. The first kappa shape index (κ1) is 19.8. The summed E-state index contributed by atoms with van der Waals surface area (Å²) in [6, 6.07) is 16.9. The number of rotatable bonds is 4.